The number of piperazine rings is 1. The largest absolute Gasteiger partial charge is 0.481 e. The molecule has 110 valence electrons. The molecule has 19 heavy (non-hydrogen) atoms. The number of hydrogen-bond donors (Lipinski definition) is 1. The van der Waals surface area contributed by atoms with Gasteiger partial charge in [0.2, 0.25) is 0 Å². The zero-order valence-electron chi connectivity index (χ0n) is 12.3. The number of rotatable bonds is 4. The van der Waals surface area contributed by atoms with E-state index >= 15 is 0 Å². The first-order valence-electron chi connectivity index (χ1n) is 7.70. The molecule has 1 saturated heterocycles. The Balaban J connectivity index is 1.96. The van der Waals surface area contributed by atoms with Gasteiger partial charge in [-0.25, -0.2) is 0 Å². The quantitative estimate of drug-likeness (QED) is 0.846. The molecule has 2 aliphatic rings. The number of nitrogens with zero attached hydrogens (tertiary/aromatic N) is 2. The molecule has 0 spiro atoms. The van der Waals surface area contributed by atoms with Crippen molar-refractivity contribution in [3.63, 3.8) is 0 Å². The molecule has 1 aliphatic heterocycles. The zero-order valence-corrected chi connectivity index (χ0v) is 12.3. The third-order valence-electron chi connectivity index (χ3n) is 5.00. The van der Waals surface area contributed by atoms with Gasteiger partial charge in [-0.2, -0.15) is 0 Å². The van der Waals surface area contributed by atoms with Crippen LogP contribution < -0.4 is 0 Å². The Bertz CT molecular complexity index is 271. The Morgan fingerprint density at radius 2 is 1.74 bits per heavy atom. The third kappa shape index (κ3) is 4.18. The lowest BCUT2D eigenvalue weighted by Crippen LogP contribution is -2.52. The van der Waals surface area contributed by atoms with Crippen LogP contribution in [0.2, 0.25) is 0 Å². The van der Waals surface area contributed by atoms with E-state index in [4.69, 9.17) is 0 Å². The van der Waals surface area contributed by atoms with E-state index in [0.717, 1.165) is 32.1 Å². The van der Waals surface area contributed by atoms with Gasteiger partial charge in [-0.3, -0.25) is 9.69 Å². The third-order valence-corrected chi connectivity index (χ3v) is 5.00. The average molecular weight is 268 g/mol. The Morgan fingerprint density at radius 1 is 1.16 bits per heavy atom. The number of carboxylic acid groups (broad SMARTS) is 1. The predicted octanol–water partition coefficient (Wildman–Crippen LogP) is 1.90. The molecule has 0 radical (unpaired) electrons. The van der Waals surface area contributed by atoms with Crippen molar-refractivity contribution in [2.45, 2.75) is 45.1 Å². The topological polar surface area (TPSA) is 43.8 Å². The molecule has 2 rings (SSSR count). The summed E-state index contributed by atoms with van der Waals surface area (Å²) in [5, 5.41) is 9.21. The minimum atomic E-state index is -0.637. The highest BCUT2D eigenvalue weighted by Crippen LogP contribution is 2.33. The first kappa shape index (κ1) is 14.8. The maximum Gasteiger partial charge on any atom is 0.304 e. The molecule has 0 bridgehead atoms. The van der Waals surface area contributed by atoms with E-state index < -0.39 is 5.97 Å². The Morgan fingerprint density at radius 3 is 2.26 bits per heavy atom. The van der Waals surface area contributed by atoms with Crippen molar-refractivity contribution in [1.82, 2.24) is 9.80 Å². The minimum Gasteiger partial charge on any atom is -0.481 e. The summed E-state index contributed by atoms with van der Waals surface area (Å²) in [7, 11) is 2.14. The maximum atomic E-state index is 11.2. The number of aliphatic carboxylic acids is 1. The van der Waals surface area contributed by atoms with Gasteiger partial charge in [-0.15, -0.1) is 0 Å². The molecule has 1 atom stereocenters. The zero-order chi connectivity index (χ0) is 13.8. The Labute approximate surface area is 116 Å². The van der Waals surface area contributed by atoms with Crippen LogP contribution in [0.3, 0.4) is 0 Å². The van der Waals surface area contributed by atoms with Crippen molar-refractivity contribution in [2.24, 2.45) is 11.8 Å². The van der Waals surface area contributed by atoms with E-state index in [1.807, 2.05) is 0 Å². The van der Waals surface area contributed by atoms with Gasteiger partial charge in [0, 0.05) is 32.2 Å². The molecule has 0 amide bonds. The molecule has 0 aromatic carbocycles. The van der Waals surface area contributed by atoms with E-state index in [1.165, 1.54) is 25.7 Å². The van der Waals surface area contributed by atoms with Crippen molar-refractivity contribution < 1.29 is 9.90 Å². The van der Waals surface area contributed by atoms with Crippen LogP contribution >= 0.6 is 0 Å². The van der Waals surface area contributed by atoms with Crippen LogP contribution in [0.5, 0.6) is 0 Å². The lowest BCUT2D eigenvalue weighted by atomic mass is 9.77. The van der Waals surface area contributed by atoms with Crippen LogP contribution in [0.25, 0.3) is 0 Å². The number of likely N-dealkylation sites (N-methyl/N-ethyl adjacent to an activating group) is 1. The first-order valence-corrected chi connectivity index (χ1v) is 7.70. The number of carbonyl (C=O) groups is 1. The predicted molar refractivity (Wildman–Crippen MR) is 76.2 cm³/mol. The average Bonchev–Trinajstić information content (AvgIpc) is 2.38. The van der Waals surface area contributed by atoms with Crippen LogP contribution in [0.1, 0.15) is 39.0 Å². The summed E-state index contributed by atoms with van der Waals surface area (Å²) in [5.74, 6) is 0.785. The SMILES string of the molecule is CC1CCC(C(CC(=O)O)N2CCN(C)CC2)CC1. The van der Waals surface area contributed by atoms with E-state index in [1.54, 1.807) is 0 Å². The summed E-state index contributed by atoms with van der Waals surface area (Å²) < 4.78 is 0. The van der Waals surface area contributed by atoms with Crippen LogP contribution in [-0.2, 0) is 4.79 Å². The fourth-order valence-corrected chi connectivity index (χ4v) is 3.60. The summed E-state index contributed by atoms with van der Waals surface area (Å²) in [6.07, 6.45) is 5.29. The second-order valence-electron chi connectivity index (χ2n) is 6.52. The second-order valence-corrected chi connectivity index (χ2v) is 6.52. The van der Waals surface area contributed by atoms with E-state index in [2.05, 4.69) is 23.8 Å². The van der Waals surface area contributed by atoms with E-state index in [0.29, 0.717) is 12.3 Å². The normalized spacial score (nSPS) is 32.1. The van der Waals surface area contributed by atoms with Gasteiger partial charge in [0.15, 0.2) is 0 Å². The molecule has 2 fully saturated rings. The van der Waals surface area contributed by atoms with E-state index in [-0.39, 0.29) is 6.04 Å². The second kappa shape index (κ2) is 6.71. The van der Waals surface area contributed by atoms with Crippen LogP contribution in [0.4, 0.5) is 0 Å². The van der Waals surface area contributed by atoms with Crippen molar-refractivity contribution >= 4 is 5.97 Å². The molecule has 0 aromatic heterocycles. The smallest absolute Gasteiger partial charge is 0.304 e. The fraction of sp³-hybridized carbons (Fsp3) is 0.933. The highest BCUT2D eigenvalue weighted by atomic mass is 16.4. The lowest BCUT2D eigenvalue weighted by Gasteiger charge is -2.42. The van der Waals surface area contributed by atoms with Gasteiger partial charge in [-0.05, 0) is 31.7 Å². The summed E-state index contributed by atoms with van der Waals surface area (Å²) in [6, 6.07) is 0.263. The lowest BCUT2D eigenvalue weighted by molar-refractivity contribution is -0.139. The van der Waals surface area contributed by atoms with Crippen molar-refractivity contribution in [2.75, 3.05) is 33.2 Å². The van der Waals surface area contributed by atoms with Gasteiger partial charge in [0.25, 0.3) is 0 Å². The van der Waals surface area contributed by atoms with Crippen LogP contribution in [-0.4, -0.2) is 60.1 Å². The number of carboxylic acids is 1. The molecular formula is C15H28N2O2. The first-order chi connectivity index (χ1) is 9.06. The van der Waals surface area contributed by atoms with E-state index in [9.17, 15) is 9.90 Å². The minimum absolute atomic E-state index is 0.263. The maximum absolute atomic E-state index is 11.2. The van der Waals surface area contributed by atoms with Crippen molar-refractivity contribution in [1.29, 1.82) is 0 Å². The molecular weight excluding hydrogens is 240 g/mol. The van der Waals surface area contributed by atoms with Crippen molar-refractivity contribution in [3.05, 3.63) is 0 Å². The molecule has 1 N–H and O–H groups in total. The number of hydrogen-bond acceptors (Lipinski definition) is 3. The van der Waals surface area contributed by atoms with Gasteiger partial charge in [0.05, 0.1) is 6.42 Å². The van der Waals surface area contributed by atoms with Gasteiger partial charge in [-0.1, -0.05) is 19.8 Å². The highest BCUT2D eigenvalue weighted by Gasteiger charge is 2.33. The standard InChI is InChI=1S/C15H28N2O2/c1-12-3-5-13(6-4-12)14(11-15(18)19)17-9-7-16(2)8-10-17/h12-14H,3-11H2,1-2H3,(H,18,19). The molecule has 4 heteroatoms. The highest BCUT2D eigenvalue weighted by molar-refractivity contribution is 5.67. The summed E-state index contributed by atoms with van der Waals surface area (Å²) in [6.45, 7) is 6.51. The molecule has 1 heterocycles. The summed E-state index contributed by atoms with van der Waals surface area (Å²) >= 11 is 0. The van der Waals surface area contributed by atoms with Gasteiger partial charge >= 0.3 is 5.97 Å². The molecule has 1 saturated carbocycles. The fourth-order valence-electron chi connectivity index (χ4n) is 3.60. The molecule has 4 nitrogen and oxygen atoms in total. The monoisotopic (exact) mass is 268 g/mol. The molecule has 1 unspecified atom stereocenters. The Hall–Kier alpha value is -0.610. The van der Waals surface area contributed by atoms with Gasteiger partial charge in [0.1, 0.15) is 0 Å². The Kier molecular flexibility index (Phi) is 5.22. The van der Waals surface area contributed by atoms with Crippen LogP contribution in [0, 0.1) is 11.8 Å². The van der Waals surface area contributed by atoms with Crippen molar-refractivity contribution in [3.8, 4) is 0 Å². The molecule has 1 aliphatic carbocycles. The van der Waals surface area contributed by atoms with Crippen LogP contribution in [0.15, 0.2) is 0 Å². The van der Waals surface area contributed by atoms with Gasteiger partial charge < -0.3 is 10.0 Å². The molecule has 0 aromatic rings. The summed E-state index contributed by atoms with van der Waals surface area (Å²) in [4.78, 5) is 16.0. The summed E-state index contributed by atoms with van der Waals surface area (Å²) in [5.41, 5.74) is 0.